The zero-order valence-corrected chi connectivity index (χ0v) is 11.5. The number of imidazole rings is 1. The molecule has 0 amide bonds. The monoisotopic (exact) mass is 298 g/mol. The van der Waals surface area contributed by atoms with Gasteiger partial charge in [0.05, 0.1) is 5.75 Å². The molecule has 11 heteroatoms. The molecule has 20 heavy (non-hydrogen) atoms. The molecule has 2 aromatic heterocycles. The van der Waals surface area contributed by atoms with Crippen LogP contribution in [0.15, 0.2) is 18.7 Å². The van der Waals surface area contributed by atoms with Crippen molar-refractivity contribution in [3.05, 3.63) is 18.7 Å². The standard InChI is InChI=1S/C9H14N8O2S/c1-11-7-14-8(13-3-5-20(10,18)19)16-9(15-7)17-4-2-12-6-17/h2,4,6H,3,5H2,1H3,(H2,10,18,19)(H2,11,13,14,15,16). The van der Waals surface area contributed by atoms with Gasteiger partial charge in [0.2, 0.25) is 27.9 Å². The van der Waals surface area contributed by atoms with Crippen LogP contribution in [0.1, 0.15) is 0 Å². The molecule has 0 aliphatic carbocycles. The van der Waals surface area contributed by atoms with Crippen LogP contribution in [0.5, 0.6) is 0 Å². The first-order valence-electron chi connectivity index (χ1n) is 5.64. The van der Waals surface area contributed by atoms with Crippen molar-refractivity contribution >= 4 is 21.9 Å². The van der Waals surface area contributed by atoms with Crippen molar-refractivity contribution in [1.29, 1.82) is 0 Å². The van der Waals surface area contributed by atoms with Gasteiger partial charge in [0, 0.05) is 26.0 Å². The van der Waals surface area contributed by atoms with E-state index in [1.807, 2.05) is 0 Å². The first-order valence-corrected chi connectivity index (χ1v) is 7.36. The zero-order valence-electron chi connectivity index (χ0n) is 10.7. The summed E-state index contributed by atoms with van der Waals surface area (Å²) in [6.45, 7) is 0.107. The van der Waals surface area contributed by atoms with Gasteiger partial charge in [-0.05, 0) is 0 Å². The lowest BCUT2D eigenvalue weighted by Crippen LogP contribution is -2.23. The molecule has 0 fully saturated rings. The van der Waals surface area contributed by atoms with E-state index in [4.69, 9.17) is 5.14 Å². The van der Waals surface area contributed by atoms with Gasteiger partial charge in [0.25, 0.3) is 0 Å². The SMILES string of the molecule is CNc1nc(NCCS(N)(=O)=O)nc(-n2ccnc2)n1. The number of nitrogens with two attached hydrogens (primary N) is 1. The van der Waals surface area contributed by atoms with E-state index in [1.165, 1.54) is 0 Å². The number of primary sulfonamides is 1. The Kier molecular flexibility index (Phi) is 4.10. The van der Waals surface area contributed by atoms with E-state index >= 15 is 0 Å². The van der Waals surface area contributed by atoms with Crippen LogP contribution < -0.4 is 15.8 Å². The summed E-state index contributed by atoms with van der Waals surface area (Å²) in [5.74, 6) is 0.743. The Morgan fingerprint density at radius 2 is 2.05 bits per heavy atom. The van der Waals surface area contributed by atoms with Crippen molar-refractivity contribution in [2.75, 3.05) is 30.0 Å². The minimum Gasteiger partial charge on any atom is -0.357 e. The number of sulfonamides is 1. The van der Waals surface area contributed by atoms with Gasteiger partial charge in [0.1, 0.15) is 6.33 Å². The van der Waals surface area contributed by atoms with Gasteiger partial charge in [0.15, 0.2) is 0 Å². The lowest BCUT2D eigenvalue weighted by atomic mass is 10.7. The van der Waals surface area contributed by atoms with E-state index in [0.29, 0.717) is 11.9 Å². The summed E-state index contributed by atoms with van der Waals surface area (Å²) in [6.07, 6.45) is 4.82. The summed E-state index contributed by atoms with van der Waals surface area (Å²) >= 11 is 0. The second kappa shape index (κ2) is 5.79. The molecule has 108 valence electrons. The summed E-state index contributed by atoms with van der Waals surface area (Å²) in [7, 11) is -1.86. The predicted molar refractivity (Wildman–Crippen MR) is 73.0 cm³/mol. The molecular formula is C9H14N8O2S. The molecule has 0 radical (unpaired) electrons. The lowest BCUT2D eigenvalue weighted by molar-refractivity contribution is 0.598. The van der Waals surface area contributed by atoms with Crippen LogP contribution in [0.2, 0.25) is 0 Å². The highest BCUT2D eigenvalue weighted by atomic mass is 32.2. The molecule has 0 saturated heterocycles. The Morgan fingerprint density at radius 3 is 2.65 bits per heavy atom. The van der Waals surface area contributed by atoms with Crippen LogP contribution in [0, 0.1) is 0 Å². The molecule has 0 atom stereocenters. The normalized spacial score (nSPS) is 11.3. The van der Waals surface area contributed by atoms with Crippen LogP contribution in [-0.2, 0) is 10.0 Å². The summed E-state index contributed by atoms with van der Waals surface area (Å²) in [6, 6.07) is 0. The molecule has 0 unspecified atom stereocenters. The number of nitrogens with zero attached hydrogens (tertiary/aromatic N) is 5. The number of rotatable bonds is 6. The van der Waals surface area contributed by atoms with Gasteiger partial charge in [-0.1, -0.05) is 0 Å². The van der Waals surface area contributed by atoms with E-state index in [-0.39, 0.29) is 18.2 Å². The minimum atomic E-state index is -3.53. The topological polar surface area (TPSA) is 141 Å². The molecule has 0 aliphatic heterocycles. The van der Waals surface area contributed by atoms with E-state index in [9.17, 15) is 8.42 Å². The molecular weight excluding hydrogens is 284 g/mol. The predicted octanol–water partition coefficient (Wildman–Crippen LogP) is -1.20. The summed E-state index contributed by atoms with van der Waals surface area (Å²) in [5.41, 5.74) is 0. The summed E-state index contributed by atoms with van der Waals surface area (Å²) < 4.78 is 23.3. The van der Waals surface area contributed by atoms with Crippen LogP contribution in [0.25, 0.3) is 5.95 Å². The fourth-order valence-electron chi connectivity index (χ4n) is 1.35. The van der Waals surface area contributed by atoms with Gasteiger partial charge >= 0.3 is 0 Å². The number of nitrogens with one attached hydrogen (secondary N) is 2. The Balaban J connectivity index is 2.18. The molecule has 2 rings (SSSR count). The van der Waals surface area contributed by atoms with Crippen LogP contribution in [0.3, 0.4) is 0 Å². The van der Waals surface area contributed by atoms with Crippen LogP contribution >= 0.6 is 0 Å². The highest BCUT2D eigenvalue weighted by molar-refractivity contribution is 7.89. The molecule has 10 nitrogen and oxygen atoms in total. The lowest BCUT2D eigenvalue weighted by Gasteiger charge is -2.08. The Morgan fingerprint density at radius 1 is 1.30 bits per heavy atom. The van der Waals surface area contributed by atoms with Crippen molar-refractivity contribution in [3.63, 3.8) is 0 Å². The van der Waals surface area contributed by atoms with Gasteiger partial charge in [-0.2, -0.15) is 15.0 Å². The summed E-state index contributed by atoms with van der Waals surface area (Å²) in [4.78, 5) is 16.3. The van der Waals surface area contributed by atoms with Gasteiger partial charge in [-0.15, -0.1) is 0 Å². The third-order valence-corrected chi connectivity index (χ3v) is 3.03. The largest absolute Gasteiger partial charge is 0.357 e. The maximum atomic E-state index is 10.9. The molecule has 2 heterocycles. The van der Waals surface area contributed by atoms with Crippen molar-refractivity contribution in [3.8, 4) is 5.95 Å². The summed E-state index contributed by atoms with van der Waals surface area (Å²) in [5, 5.41) is 10.5. The molecule has 0 bridgehead atoms. The highest BCUT2D eigenvalue weighted by Crippen LogP contribution is 2.08. The average molecular weight is 298 g/mol. The van der Waals surface area contributed by atoms with Crippen molar-refractivity contribution in [1.82, 2.24) is 24.5 Å². The van der Waals surface area contributed by atoms with E-state index in [1.54, 1.807) is 30.3 Å². The maximum absolute atomic E-state index is 10.9. The number of anilines is 2. The number of hydrogen-bond acceptors (Lipinski definition) is 8. The van der Waals surface area contributed by atoms with Gasteiger partial charge in [-0.25, -0.2) is 18.5 Å². The molecule has 0 spiro atoms. The fraction of sp³-hybridized carbons (Fsp3) is 0.333. The first kappa shape index (κ1) is 14.1. The van der Waals surface area contributed by atoms with Crippen LogP contribution in [-0.4, -0.2) is 52.3 Å². The van der Waals surface area contributed by atoms with E-state index in [0.717, 1.165) is 0 Å². The quantitative estimate of drug-likeness (QED) is 0.604. The maximum Gasteiger partial charge on any atom is 0.241 e. The Bertz CT molecular complexity index is 669. The van der Waals surface area contributed by atoms with Gasteiger partial charge in [-0.3, -0.25) is 4.57 Å². The fourth-order valence-corrected chi connectivity index (χ4v) is 1.74. The van der Waals surface area contributed by atoms with Crippen LogP contribution in [0.4, 0.5) is 11.9 Å². The molecule has 0 saturated carbocycles. The highest BCUT2D eigenvalue weighted by Gasteiger charge is 2.08. The second-order valence-corrected chi connectivity index (χ2v) is 5.53. The number of aromatic nitrogens is 5. The molecule has 0 aliphatic rings. The Hall–Kier alpha value is -2.27. The average Bonchev–Trinajstić information content (AvgIpc) is 2.90. The zero-order chi connectivity index (χ0) is 14.6. The van der Waals surface area contributed by atoms with Crippen molar-refractivity contribution in [2.24, 2.45) is 5.14 Å². The molecule has 0 aromatic carbocycles. The van der Waals surface area contributed by atoms with Crippen molar-refractivity contribution < 1.29 is 8.42 Å². The molecule has 4 N–H and O–H groups in total. The van der Waals surface area contributed by atoms with E-state index in [2.05, 4.69) is 30.6 Å². The first-order chi connectivity index (χ1) is 9.48. The van der Waals surface area contributed by atoms with Crippen molar-refractivity contribution in [2.45, 2.75) is 0 Å². The Labute approximate surface area is 115 Å². The third-order valence-electron chi connectivity index (χ3n) is 2.25. The van der Waals surface area contributed by atoms with Gasteiger partial charge < -0.3 is 10.6 Å². The molecule has 2 aromatic rings. The van der Waals surface area contributed by atoms with E-state index < -0.39 is 10.0 Å². The second-order valence-electron chi connectivity index (χ2n) is 3.80. The smallest absolute Gasteiger partial charge is 0.241 e. The number of hydrogen-bond donors (Lipinski definition) is 3. The minimum absolute atomic E-state index is 0.107. The third kappa shape index (κ3) is 3.86.